The number of rotatable bonds is 2. The number of halogens is 1. The summed E-state index contributed by atoms with van der Waals surface area (Å²) in [5, 5.41) is 8.67. The first-order chi connectivity index (χ1) is 7.99. The largest absolute Gasteiger partial charge is 0.481 e. The highest BCUT2D eigenvalue weighted by atomic mass is 19.1. The maximum absolute atomic E-state index is 13.1. The molecule has 0 spiro atoms. The summed E-state index contributed by atoms with van der Waals surface area (Å²) < 4.78 is 13.1. The highest BCUT2D eigenvalue weighted by Crippen LogP contribution is 2.20. The minimum absolute atomic E-state index is 0.0198. The third kappa shape index (κ3) is 2.06. The van der Waals surface area contributed by atoms with Gasteiger partial charge in [-0.3, -0.25) is 9.59 Å². The normalized spacial score (nSPS) is 15.5. The molecule has 1 fully saturated rings. The van der Waals surface area contributed by atoms with Gasteiger partial charge in [-0.05, 0) is 18.2 Å². The van der Waals surface area contributed by atoms with E-state index >= 15 is 0 Å². The zero-order valence-corrected chi connectivity index (χ0v) is 8.89. The van der Waals surface area contributed by atoms with Crippen LogP contribution < -0.4 is 5.73 Å². The van der Waals surface area contributed by atoms with E-state index in [4.69, 9.17) is 10.8 Å². The maximum atomic E-state index is 13.1. The molecule has 1 aliphatic rings. The molecule has 0 bridgehead atoms. The first kappa shape index (κ1) is 11.4. The van der Waals surface area contributed by atoms with Crippen LogP contribution in [0.25, 0.3) is 0 Å². The van der Waals surface area contributed by atoms with E-state index in [1.165, 1.54) is 17.0 Å². The molecule has 2 rings (SSSR count). The summed E-state index contributed by atoms with van der Waals surface area (Å²) in [6.45, 7) is 0.334. The van der Waals surface area contributed by atoms with Gasteiger partial charge in [0.15, 0.2) is 0 Å². The molecule has 3 N–H and O–H groups in total. The van der Waals surface area contributed by atoms with Crippen LogP contribution in [-0.4, -0.2) is 35.0 Å². The van der Waals surface area contributed by atoms with Crippen molar-refractivity contribution in [1.29, 1.82) is 0 Å². The summed E-state index contributed by atoms with van der Waals surface area (Å²) in [7, 11) is 0. The number of likely N-dealkylation sites (tertiary alicyclic amines) is 1. The van der Waals surface area contributed by atoms with Crippen molar-refractivity contribution >= 4 is 17.6 Å². The molecule has 1 amide bonds. The number of hydrogen-bond acceptors (Lipinski definition) is 3. The van der Waals surface area contributed by atoms with Gasteiger partial charge in [-0.15, -0.1) is 0 Å². The van der Waals surface area contributed by atoms with Crippen molar-refractivity contribution in [3.63, 3.8) is 0 Å². The van der Waals surface area contributed by atoms with Crippen LogP contribution in [0.4, 0.5) is 10.1 Å². The lowest BCUT2D eigenvalue weighted by molar-refractivity contribution is -0.146. The number of nitrogen functional groups attached to an aromatic ring is 1. The molecule has 1 heterocycles. The van der Waals surface area contributed by atoms with Gasteiger partial charge in [0.1, 0.15) is 5.82 Å². The second-order valence-electron chi connectivity index (χ2n) is 3.98. The summed E-state index contributed by atoms with van der Waals surface area (Å²) in [5.74, 6) is -2.46. The number of nitrogens with zero attached hydrogens (tertiary/aromatic N) is 1. The van der Waals surface area contributed by atoms with Crippen molar-refractivity contribution < 1.29 is 19.1 Å². The maximum Gasteiger partial charge on any atom is 0.310 e. The van der Waals surface area contributed by atoms with Gasteiger partial charge in [0, 0.05) is 18.7 Å². The standard InChI is InChI=1S/C11H11FN2O3/c12-8-3-6(1-2-9(8)13)10(15)14-4-7(5-14)11(16)17/h1-3,7H,4-5,13H2,(H,16,17). The van der Waals surface area contributed by atoms with Crippen LogP contribution in [0.3, 0.4) is 0 Å². The summed E-state index contributed by atoms with van der Waals surface area (Å²) in [6, 6.07) is 3.80. The fourth-order valence-electron chi connectivity index (χ4n) is 1.64. The van der Waals surface area contributed by atoms with Crippen LogP contribution in [0.2, 0.25) is 0 Å². The van der Waals surface area contributed by atoms with Crippen molar-refractivity contribution in [2.75, 3.05) is 18.8 Å². The minimum Gasteiger partial charge on any atom is -0.481 e. The molecule has 0 unspecified atom stereocenters. The Morgan fingerprint density at radius 2 is 2.06 bits per heavy atom. The summed E-state index contributed by atoms with van der Waals surface area (Å²) in [4.78, 5) is 23.7. The molecule has 1 aromatic rings. The molecule has 0 radical (unpaired) electrons. The monoisotopic (exact) mass is 238 g/mol. The van der Waals surface area contributed by atoms with Gasteiger partial charge in [0.2, 0.25) is 0 Å². The fraction of sp³-hybridized carbons (Fsp3) is 0.273. The number of nitrogens with two attached hydrogens (primary N) is 1. The van der Waals surface area contributed by atoms with E-state index in [9.17, 15) is 14.0 Å². The Hall–Kier alpha value is -2.11. The van der Waals surface area contributed by atoms with Crippen molar-refractivity contribution in [2.45, 2.75) is 0 Å². The SMILES string of the molecule is Nc1ccc(C(=O)N2CC(C(=O)O)C2)cc1F. The van der Waals surface area contributed by atoms with E-state index in [0.29, 0.717) is 0 Å². The lowest BCUT2D eigenvalue weighted by Crippen LogP contribution is -2.53. The summed E-state index contributed by atoms with van der Waals surface area (Å²) in [5.41, 5.74) is 5.46. The van der Waals surface area contributed by atoms with Crippen molar-refractivity contribution in [2.24, 2.45) is 5.92 Å². The van der Waals surface area contributed by atoms with Gasteiger partial charge in [0.05, 0.1) is 11.6 Å². The molecular weight excluding hydrogens is 227 g/mol. The van der Waals surface area contributed by atoms with Gasteiger partial charge in [-0.1, -0.05) is 0 Å². The van der Waals surface area contributed by atoms with E-state index in [1.54, 1.807) is 0 Å². The van der Waals surface area contributed by atoms with Gasteiger partial charge < -0.3 is 15.7 Å². The number of benzene rings is 1. The Morgan fingerprint density at radius 3 is 2.59 bits per heavy atom. The van der Waals surface area contributed by atoms with Crippen LogP contribution in [0.1, 0.15) is 10.4 Å². The van der Waals surface area contributed by atoms with Crippen LogP contribution >= 0.6 is 0 Å². The van der Waals surface area contributed by atoms with Gasteiger partial charge >= 0.3 is 5.97 Å². The van der Waals surface area contributed by atoms with Crippen LogP contribution in [0, 0.1) is 11.7 Å². The van der Waals surface area contributed by atoms with E-state index < -0.39 is 17.7 Å². The molecule has 0 aromatic heterocycles. The van der Waals surface area contributed by atoms with E-state index in [2.05, 4.69) is 0 Å². The molecule has 0 aliphatic carbocycles. The van der Waals surface area contributed by atoms with Crippen LogP contribution in [-0.2, 0) is 4.79 Å². The Kier molecular flexibility index (Phi) is 2.71. The first-order valence-corrected chi connectivity index (χ1v) is 5.06. The highest BCUT2D eigenvalue weighted by Gasteiger charge is 2.35. The molecule has 0 saturated carbocycles. The number of carbonyl (C=O) groups excluding carboxylic acids is 1. The van der Waals surface area contributed by atoms with Crippen LogP contribution in [0.5, 0.6) is 0 Å². The number of carboxylic acid groups (broad SMARTS) is 1. The molecule has 5 nitrogen and oxygen atoms in total. The van der Waals surface area contributed by atoms with Crippen molar-refractivity contribution in [1.82, 2.24) is 4.90 Å². The first-order valence-electron chi connectivity index (χ1n) is 5.06. The number of amides is 1. The predicted molar refractivity (Wildman–Crippen MR) is 57.8 cm³/mol. The van der Waals surface area contributed by atoms with Crippen molar-refractivity contribution in [3.8, 4) is 0 Å². The lowest BCUT2D eigenvalue weighted by atomic mass is 9.99. The fourth-order valence-corrected chi connectivity index (χ4v) is 1.64. The molecule has 17 heavy (non-hydrogen) atoms. The number of aliphatic carboxylic acids is 1. The average molecular weight is 238 g/mol. The predicted octanol–water partition coefficient (Wildman–Crippen LogP) is 0.565. The molecule has 90 valence electrons. The third-order valence-electron chi connectivity index (χ3n) is 2.77. The number of hydrogen-bond donors (Lipinski definition) is 2. The topological polar surface area (TPSA) is 83.6 Å². The van der Waals surface area contributed by atoms with E-state index in [0.717, 1.165) is 6.07 Å². The summed E-state index contributed by atoms with van der Waals surface area (Å²) >= 11 is 0. The zero-order chi connectivity index (χ0) is 12.6. The van der Waals surface area contributed by atoms with E-state index in [1.807, 2.05) is 0 Å². The van der Waals surface area contributed by atoms with Gasteiger partial charge in [-0.2, -0.15) is 0 Å². The Morgan fingerprint density at radius 1 is 1.41 bits per heavy atom. The zero-order valence-electron chi connectivity index (χ0n) is 8.89. The van der Waals surface area contributed by atoms with Gasteiger partial charge in [0.25, 0.3) is 5.91 Å². The van der Waals surface area contributed by atoms with E-state index in [-0.39, 0.29) is 30.2 Å². The second-order valence-corrected chi connectivity index (χ2v) is 3.98. The molecule has 1 saturated heterocycles. The number of carbonyl (C=O) groups is 2. The second kappa shape index (κ2) is 4.04. The van der Waals surface area contributed by atoms with Crippen molar-refractivity contribution in [3.05, 3.63) is 29.6 Å². The Balaban J connectivity index is 2.06. The van der Waals surface area contributed by atoms with Gasteiger partial charge in [-0.25, -0.2) is 4.39 Å². The molecule has 1 aliphatic heterocycles. The highest BCUT2D eigenvalue weighted by molar-refractivity contribution is 5.96. The molecular formula is C11H11FN2O3. The molecule has 0 atom stereocenters. The third-order valence-corrected chi connectivity index (χ3v) is 2.77. The Bertz CT molecular complexity index is 484. The van der Waals surface area contributed by atoms with Crippen LogP contribution in [0.15, 0.2) is 18.2 Å². The average Bonchev–Trinajstić information content (AvgIpc) is 2.19. The smallest absolute Gasteiger partial charge is 0.310 e. The summed E-state index contributed by atoms with van der Waals surface area (Å²) in [6.07, 6.45) is 0. The number of anilines is 1. The lowest BCUT2D eigenvalue weighted by Gasteiger charge is -2.36. The molecule has 1 aromatic carbocycles. The molecule has 6 heteroatoms. The number of carboxylic acids is 1. The Labute approximate surface area is 96.6 Å². The quantitative estimate of drug-likeness (QED) is 0.737. The minimum atomic E-state index is -0.919.